The highest BCUT2D eigenvalue weighted by Crippen LogP contribution is 2.29. The smallest absolute Gasteiger partial charge is 0.241 e. The minimum atomic E-state index is -3.52. The molecule has 1 aliphatic rings. The van der Waals surface area contributed by atoms with Gasteiger partial charge in [-0.25, -0.2) is 8.42 Å². The van der Waals surface area contributed by atoms with Gasteiger partial charge in [-0.2, -0.15) is 4.31 Å². The fourth-order valence-corrected chi connectivity index (χ4v) is 4.68. The van der Waals surface area contributed by atoms with Gasteiger partial charge in [0.2, 0.25) is 15.9 Å². The van der Waals surface area contributed by atoms with Crippen molar-refractivity contribution < 1.29 is 13.2 Å². The van der Waals surface area contributed by atoms with Crippen LogP contribution in [0.3, 0.4) is 0 Å². The monoisotopic (exact) mass is 467 g/mol. The molecule has 2 aromatic carbocycles. The summed E-state index contributed by atoms with van der Waals surface area (Å²) in [5.74, 6) is -0.223. The zero-order valence-corrected chi connectivity index (χ0v) is 18.8. The third-order valence-corrected chi connectivity index (χ3v) is 7.39. The van der Waals surface area contributed by atoms with E-state index in [0.29, 0.717) is 41.9 Å². The number of halogens is 2. The molecule has 1 fully saturated rings. The summed E-state index contributed by atoms with van der Waals surface area (Å²) >= 11 is 12.1. The summed E-state index contributed by atoms with van der Waals surface area (Å²) < 4.78 is 26.6. The first-order valence-electron chi connectivity index (χ1n) is 9.50. The molecule has 0 saturated carbocycles. The van der Waals surface area contributed by atoms with Gasteiger partial charge >= 0.3 is 0 Å². The van der Waals surface area contributed by atoms with Crippen molar-refractivity contribution in [2.24, 2.45) is 0 Å². The van der Waals surface area contributed by atoms with E-state index in [1.165, 1.54) is 9.71 Å². The predicted molar refractivity (Wildman–Crippen MR) is 122 cm³/mol. The maximum absolute atomic E-state index is 12.6. The van der Waals surface area contributed by atoms with E-state index >= 15 is 0 Å². The van der Waals surface area contributed by atoms with Crippen molar-refractivity contribution >= 4 is 50.9 Å². The number of carbonyl (C=O) groups is 1. The van der Waals surface area contributed by atoms with Gasteiger partial charge in [0.15, 0.2) is 0 Å². The Morgan fingerprint density at radius 1 is 1.03 bits per heavy atom. The Hall–Kier alpha value is -1.90. The van der Waals surface area contributed by atoms with Crippen molar-refractivity contribution in [3.8, 4) is 0 Å². The SMILES string of the molecule is CC(C(=O)Nc1cccc(Cl)c1Cl)N1CCN(S(=O)(=O)/C=C/c2ccccc2)CC1. The lowest BCUT2D eigenvalue weighted by Crippen LogP contribution is -2.53. The molecule has 0 radical (unpaired) electrons. The summed E-state index contributed by atoms with van der Waals surface area (Å²) in [6, 6.07) is 13.9. The van der Waals surface area contributed by atoms with E-state index in [1.54, 1.807) is 31.2 Å². The molecule has 1 saturated heterocycles. The topological polar surface area (TPSA) is 69.7 Å². The summed E-state index contributed by atoms with van der Waals surface area (Å²) in [5.41, 5.74) is 1.28. The Kier molecular flexibility index (Phi) is 7.55. The molecule has 1 amide bonds. The largest absolute Gasteiger partial charge is 0.323 e. The van der Waals surface area contributed by atoms with Crippen LogP contribution in [0.2, 0.25) is 10.0 Å². The van der Waals surface area contributed by atoms with Crippen LogP contribution in [0.1, 0.15) is 12.5 Å². The number of rotatable bonds is 6. The van der Waals surface area contributed by atoms with Gasteiger partial charge in [-0.3, -0.25) is 9.69 Å². The number of anilines is 1. The number of hydrogen-bond acceptors (Lipinski definition) is 4. The summed E-state index contributed by atoms with van der Waals surface area (Å²) in [6.45, 7) is 3.33. The maximum atomic E-state index is 12.6. The highest BCUT2D eigenvalue weighted by molar-refractivity contribution is 7.92. The van der Waals surface area contributed by atoms with E-state index in [0.717, 1.165) is 5.56 Å². The molecule has 6 nitrogen and oxygen atoms in total. The van der Waals surface area contributed by atoms with Crippen molar-refractivity contribution in [3.63, 3.8) is 0 Å². The molecule has 0 bridgehead atoms. The summed E-state index contributed by atoms with van der Waals surface area (Å²) in [6.07, 6.45) is 1.59. The van der Waals surface area contributed by atoms with Gasteiger partial charge in [-0.15, -0.1) is 0 Å². The standard InChI is InChI=1S/C21H23Cl2N3O3S/c1-16(21(27)24-19-9-5-8-18(22)20(19)23)25-11-13-26(14-12-25)30(28,29)15-10-17-6-3-2-4-7-17/h2-10,15-16H,11-14H2,1H3,(H,24,27)/b15-10+. The molecule has 9 heteroatoms. The van der Waals surface area contributed by atoms with Crippen LogP contribution < -0.4 is 5.32 Å². The van der Waals surface area contributed by atoms with Crippen molar-refractivity contribution in [2.75, 3.05) is 31.5 Å². The fraction of sp³-hybridized carbons (Fsp3) is 0.286. The Morgan fingerprint density at radius 2 is 1.70 bits per heavy atom. The van der Waals surface area contributed by atoms with Gasteiger partial charge in [0.25, 0.3) is 0 Å². The van der Waals surface area contributed by atoms with E-state index in [2.05, 4.69) is 5.32 Å². The first kappa shape index (κ1) is 22.8. The van der Waals surface area contributed by atoms with Gasteiger partial charge in [0.05, 0.1) is 21.8 Å². The Labute approximate surface area is 187 Å². The normalized spacial score (nSPS) is 17.2. The molecule has 0 spiro atoms. The zero-order valence-electron chi connectivity index (χ0n) is 16.5. The maximum Gasteiger partial charge on any atom is 0.241 e. The van der Waals surface area contributed by atoms with Crippen LogP contribution in [-0.4, -0.2) is 55.8 Å². The van der Waals surface area contributed by atoms with Crippen molar-refractivity contribution in [1.29, 1.82) is 0 Å². The minimum Gasteiger partial charge on any atom is -0.323 e. The lowest BCUT2D eigenvalue weighted by Gasteiger charge is -2.36. The van der Waals surface area contributed by atoms with Crippen molar-refractivity contribution in [1.82, 2.24) is 9.21 Å². The molecule has 0 aromatic heterocycles. The van der Waals surface area contributed by atoms with Gasteiger partial charge in [0.1, 0.15) is 0 Å². The molecular formula is C21H23Cl2N3O3S. The molecule has 0 aliphatic carbocycles. The fourth-order valence-electron chi connectivity index (χ4n) is 3.16. The number of nitrogens with one attached hydrogen (secondary N) is 1. The molecule has 30 heavy (non-hydrogen) atoms. The van der Waals surface area contributed by atoms with Crippen molar-refractivity contribution in [3.05, 3.63) is 69.5 Å². The first-order valence-corrected chi connectivity index (χ1v) is 11.8. The van der Waals surface area contributed by atoms with E-state index in [4.69, 9.17) is 23.2 Å². The molecule has 1 N–H and O–H groups in total. The van der Waals surface area contributed by atoms with Crippen LogP contribution >= 0.6 is 23.2 Å². The van der Waals surface area contributed by atoms with Crippen LogP contribution in [0, 0.1) is 0 Å². The third-order valence-electron chi connectivity index (χ3n) is 5.00. The first-order chi connectivity index (χ1) is 14.3. The van der Waals surface area contributed by atoms with Crippen LogP contribution in [0.25, 0.3) is 6.08 Å². The molecular weight excluding hydrogens is 445 g/mol. The lowest BCUT2D eigenvalue weighted by atomic mass is 10.2. The second-order valence-corrected chi connectivity index (χ2v) is 9.56. The summed E-state index contributed by atoms with van der Waals surface area (Å²) in [5, 5.41) is 4.68. The second-order valence-electron chi connectivity index (χ2n) is 6.96. The predicted octanol–water partition coefficient (Wildman–Crippen LogP) is 3.94. The van der Waals surface area contributed by atoms with Crippen LogP contribution in [0.4, 0.5) is 5.69 Å². The number of nitrogens with zero attached hydrogens (tertiary/aromatic N) is 2. The van der Waals surface area contributed by atoms with Gasteiger partial charge in [0, 0.05) is 31.6 Å². The molecule has 3 rings (SSSR count). The van der Waals surface area contributed by atoms with E-state index < -0.39 is 16.1 Å². The van der Waals surface area contributed by atoms with Crippen molar-refractivity contribution in [2.45, 2.75) is 13.0 Å². The molecule has 1 atom stereocenters. The minimum absolute atomic E-state index is 0.223. The van der Waals surface area contributed by atoms with Gasteiger partial charge in [-0.1, -0.05) is 59.6 Å². The molecule has 1 heterocycles. The lowest BCUT2D eigenvalue weighted by molar-refractivity contribution is -0.121. The number of sulfonamides is 1. The third kappa shape index (κ3) is 5.62. The second kappa shape index (κ2) is 9.94. The van der Waals surface area contributed by atoms with E-state index in [1.807, 2.05) is 35.2 Å². The van der Waals surface area contributed by atoms with Crippen LogP contribution in [0.5, 0.6) is 0 Å². The summed E-state index contributed by atoms with van der Waals surface area (Å²) in [7, 11) is -3.52. The van der Waals surface area contributed by atoms with Gasteiger partial charge < -0.3 is 5.32 Å². The van der Waals surface area contributed by atoms with Gasteiger partial charge in [-0.05, 0) is 30.7 Å². The molecule has 1 aliphatic heterocycles. The number of carbonyl (C=O) groups excluding carboxylic acids is 1. The Bertz CT molecular complexity index is 1020. The molecule has 160 valence electrons. The number of piperazine rings is 1. The Morgan fingerprint density at radius 3 is 2.37 bits per heavy atom. The average Bonchev–Trinajstić information content (AvgIpc) is 2.76. The zero-order chi connectivity index (χ0) is 21.7. The van der Waals surface area contributed by atoms with E-state index in [-0.39, 0.29) is 5.91 Å². The van der Waals surface area contributed by atoms with E-state index in [9.17, 15) is 13.2 Å². The van der Waals surface area contributed by atoms with Crippen LogP contribution in [0.15, 0.2) is 53.9 Å². The number of benzene rings is 2. The number of amides is 1. The number of hydrogen-bond donors (Lipinski definition) is 1. The Balaban J connectivity index is 1.57. The molecule has 2 aromatic rings. The highest BCUT2D eigenvalue weighted by Gasteiger charge is 2.30. The quantitative estimate of drug-likeness (QED) is 0.698. The summed E-state index contributed by atoms with van der Waals surface area (Å²) in [4.78, 5) is 14.6. The highest BCUT2D eigenvalue weighted by atomic mass is 35.5. The molecule has 1 unspecified atom stereocenters. The average molecular weight is 468 g/mol. The van der Waals surface area contributed by atoms with Crippen LogP contribution in [-0.2, 0) is 14.8 Å².